The number of alkyl halides is 5. The minimum Gasteiger partial charge on any atom is -0.497 e. The first-order valence-electron chi connectivity index (χ1n) is 4.54. The number of rotatable bonds is 3. The summed E-state index contributed by atoms with van der Waals surface area (Å²) in [5.41, 5.74) is 1.24. The fourth-order valence-corrected chi connectivity index (χ4v) is 1.29. The van der Waals surface area contributed by atoms with Crippen LogP contribution in [-0.2, 0) is 16.9 Å². The molecule has 1 aromatic rings. The number of methoxy groups -OCH3 is 1. The van der Waals surface area contributed by atoms with Crippen molar-refractivity contribution in [1.29, 1.82) is 0 Å². The highest BCUT2D eigenvalue weighted by atomic mass is 19.4. The van der Waals surface area contributed by atoms with E-state index in [1.165, 1.54) is 0 Å². The molecule has 0 aromatic heterocycles. The molecule has 2 N–H and O–H groups in total. The van der Waals surface area contributed by atoms with Gasteiger partial charge in [-0.05, 0) is 18.2 Å². The van der Waals surface area contributed by atoms with Gasteiger partial charge in [0.1, 0.15) is 5.75 Å². The number of primary amides is 1. The average Bonchev–Trinajstić information content (AvgIpc) is 2.26. The number of carbonyl (C=O) groups is 1. The van der Waals surface area contributed by atoms with Crippen LogP contribution in [0.2, 0.25) is 0 Å². The van der Waals surface area contributed by atoms with Crippen molar-refractivity contribution in [3.63, 3.8) is 0 Å². The predicted octanol–water partition coefficient (Wildman–Crippen LogP) is 2.29. The molecule has 1 rings (SSSR count). The van der Waals surface area contributed by atoms with Crippen LogP contribution in [0.25, 0.3) is 0 Å². The van der Waals surface area contributed by atoms with Gasteiger partial charge < -0.3 is 10.5 Å². The van der Waals surface area contributed by atoms with Crippen LogP contribution in [-0.4, -0.2) is 13.0 Å². The molecule has 0 bridgehead atoms. The molecule has 0 aliphatic rings. The molecule has 3 nitrogen and oxygen atoms in total. The third-order valence-electron chi connectivity index (χ3n) is 2.18. The minimum atomic E-state index is -5.05. The van der Waals surface area contributed by atoms with Crippen LogP contribution in [0.1, 0.15) is 11.1 Å². The van der Waals surface area contributed by atoms with E-state index in [1.54, 1.807) is 0 Å². The minimum absolute atomic E-state index is 0.258. The fraction of sp³-hybridized carbons (Fsp3) is 0.300. The molecule has 8 heteroatoms. The quantitative estimate of drug-likeness (QED) is 0.856. The van der Waals surface area contributed by atoms with Crippen LogP contribution < -0.4 is 10.5 Å². The van der Waals surface area contributed by atoms with Crippen molar-refractivity contribution in [3.05, 3.63) is 29.3 Å². The number of carbonyl (C=O) groups excluding carboxylic acids is 1. The predicted molar refractivity (Wildman–Crippen MR) is 51.1 cm³/mol. The summed E-state index contributed by atoms with van der Waals surface area (Å²) >= 11 is 0. The summed E-state index contributed by atoms with van der Waals surface area (Å²) in [5, 5.41) is 0. The van der Waals surface area contributed by atoms with Gasteiger partial charge in [0, 0.05) is 5.56 Å². The smallest absolute Gasteiger partial charge is 0.417 e. The molecule has 0 aliphatic heterocycles. The number of hydrogen-bond donors (Lipinski definition) is 1. The normalized spacial score (nSPS) is 12.3. The summed E-state index contributed by atoms with van der Waals surface area (Å²) in [6, 6.07) is 1.74. The monoisotopic (exact) mass is 269 g/mol. The van der Waals surface area contributed by atoms with E-state index in [0.29, 0.717) is 12.1 Å². The Kier molecular flexibility index (Phi) is 3.50. The Morgan fingerprint density at radius 3 is 2.11 bits per heavy atom. The number of amides is 1. The molecule has 0 heterocycles. The van der Waals surface area contributed by atoms with E-state index < -0.39 is 29.1 Å². The molecule has 1 amide bonds. The first kappa shape index (κ1) is 14.2. The maximum atomic E-state index is 13.3. The lowest BCUT2D eigenvalue weighted by Gasteiger charge is -2.19. The maximum absolute atomic E-state index is 13.3. The van der Waals surface area contributed by atoms with Crippen LogP contribution in [0.4, 0.5) is 22.0 Å². The summed E-state index contributed by atoms with van der Waals surface area (Å²) in [7, 11) is 1.08. The first-order chi connectivity index (χ1) is 8.10. The second-order valence-corrected chi connectivity index (χ2v) is 3.35. The Bertz CT molecular complexity index is 470. The summed E-state index contributed by atoms with van der Waals surface area (Å²) in [4.78, 5) is 10.5. The standard InChI is InChI=1S/C10H8F5NO2/c1-18-5-2-3-6(9(11,12)8(16)17)7(4-5)10(13,14)15/h2-4H,1H3,(H2,16,17). The molecular formula is C10H8F5NO2. The van der Waals surface area contributed by atoms with Crippen molar-refractivity contribution in [2.45, 2.75) is 12.1 Å². The Hall–Kier alpha value is -1.86. The van der Waals surface area contributed by atoms with Crippen molar-refractivity contribution in [2.24, 2.45) is 5.73 Å². The number of nitrogens with two attached hydrogens (primary N) is 1. The molecule has 18 heavy (non-hydrogen) atoms. The van der Waals surface area contributed by atoms with Gasteiger partial charge in [0.15, 0.2) is 0 Å². The molecule has 0 aliphatic carbocycles. The summed E-state index contributed by atoms with van der Waals surface area (Å²) < 4.78 is 68.9. The third kappa shape index (κ3) is 2.52. The Labute approximate surface area is 98.3 Å². The van der Waals surface area contributed by atoms with Crippen molar-refractivity contribution in [3.8, 4) is 5.75 Å². The molecule has 0 saturated heterocycles. The summed E-state index contributed by atoms with van der Waals surface area (Å²) in [6.07, 6.45) is -5.05. The van der Waals surface area contributed by atoms with E-state index in [-0.39, 0.29) is 5.75 Å². The van der Waals surface area contributed by atoms with Crippen molar-refractivity contribution in [1.82, 2.24) is 0 Å². The van der Waals surface area contributed by atoms with Crippen LogP contribution in [0, 0.1) is 0 Å². The molecule has 100 valence electrons. The van der Waals surface area contributed by atoms with Gasteiger partial charge in [-0.1, -0.05) is 0 Å². The Balaban J connectivity index is 3.50. The van der Waals surface area contributed by atoms with Gasteiger partial charge >= 0.3 is 12.1 Å². The highest BCUT2D eigenvalue weighted by Crippen LogP contribution is 2.40. The van der Waals surface area contributed by atoms with Gasteiger partial charge in [-0.3, -0.25) is 4.79 Å². The van der Waals surface area contributed by atoms with Gasteiger partial charge in [0.25, 0.3) is 5.91 Å². The second kappa shape index (κ2) is 4.43. The lowest BCUT2D eigenvalue weighted by molar-refractivity contribution is -0.150. The molecule has 0 atom stereocenters. The highest BCUT2D eigenvalue weighted by Gasteiger charge is 2.46. The third-order valence-corrected chi connectivity index (χ3v) is 2.18. The van der Waals surface area contributed by atoms with Crippen LogP contribution >= 0.6 is 0 Å². The fourth-order valence-electron chi connectivity index (χ4n) is 1.29. The van der Waals surface area contributed by atoms with Crippen LogP contribution in [0.3, 0.4) is 0 Å². The topological polar surface area (TPSA) is 52.3 Å². The van der Waals surface area contributed by atoms with E-state index in [9.17, 15) is 26.7 Å². The van der Waals surface area contributed by atoms with E-state index >= 15 is 0 Å². The Morgan fingerprint density at radius 1 is 1.17 bits per heavy atom. The zero-order valence-electron chi connectivity index (χ0n) is 9.02. The molecule has 0 radical (unpaired) electrons. The van der Waals surface area contributed by atoms with Crippen LogP contribution in [0.15, 0.2) is 18.2 Å². The summed E-state index contributed by atoms with van der Waals surface area (Å²) in [5.74, 6) is -6.82. The number of ether oxygens (including phenoxy) is 1. The van der Waals surface area contributed by atoms with Gasteiger partial charge in [-0.25, -0.2) is 0 Å². The number of halogens is 5. The molecule has 0 fully saturated rings. The van der Waals surface area contributed by atoms with E-state index in [0.717, 1.165) is 13.2 Å². The van der Waals surface area contributed by atoms with Gasteiger partial charge in [0.2, 0.25) is 0 Å². The van der Waals surface area contributed by atoms with E-state index in [1.807, 2.05) is 0 Å². The lowest BCUT2D eigenvalue weighted by atomic mass is 10.00. The molecule has 1 aromatic carbocycles. The molecule has 0 saturated carbocycles. The zero-order valence-corrected chi connectivity index (χ0v) is 9.02. The number of hydrogen-bond acceptors (Lipinski definition) is 2. The molecule has 0 spiro atoms. The SMILES string of the molecule is COc1ccc(C(F)(F)C(N)=O)c(C(F)(F)F)c1. The largest absolute Gasteiger partial charge is 0.497 e. The van der Waals surface area contributed by atoms with E-state index in [2.05, 4.69) is 10.5 Å². The number of benzene rings is 1. The maximum Gasteiger partial charge on any atom is 0.417 e. The van der Waals surface area contributed by atoms with E-state index in [4.69, 9.17) is 0 Å². The molecule has 0 unspecified atom stereocenters. The highest BCUT2D eigenvalue weighted by molar-refractivity contribution is 5.83. The second-order valence-electron chi connectivity index (χ2n) is 3.35. The molecular weight excluding hydrogens is 261 g/mol. The van der Waals surface area contributed by atoms with Crippen LogP contribution in [0.5, 0.6) is 5.75 Å². The van der Waals surface area contributed by atoms with Gasteiger partial charge in [-0.2, -0.15) is 22.0 Å². The van der Waals surface area contributed by atoms with Crippen molar-refractivity contribution >= 4 is 5.91 Å². The Morgan fingerprint density at radius 2 is 1.72 bits per heavy atom. The van der Waals surface area contributed by atoms with Gasteiger partial charge in [-0.15, -0.1) is 0 Å². The zero-order chi connectivity index (χ0) is 14.1. The lowest BCUT2D eigenvalue weighted by Crippen LogP contribution is -2.34. The average molecular weight is 269 g/mol. The van der Waals surface area contributed by atoms with Gasteiger partial charge in [0.05, 0.1) is 12.7 Å². The first-order valence-corrected chi connectivity index (χ1v) is 4.54. The van der Waals surface area contributed by atoms with Crippen molar-refractivity contribution in [2.75, 3.05) is 7.11 Å². The summed E-state index contributed by atoms with van der Waals surface area (Å²) in [6.45, 7) is 0. The van der Waals surface area contributed by atoms with Crippen molar-refractivity contribution < 1.29 is 31.5 Å².